The maximum absolute atomic E-state index is 10.9. The highest BCUT2D eigenvalue weighted by molar-refractivity contribution is 7.56. The van der Waals surface area contributed by atoms with Crippen molar-refractivity contribution in [2.45, 2.75) is 6.92 Å². The SMILES string of the molecule is C=CCOC(=O)NP(=O)(O)CC. The molecule has 1 amide bonds. The lowest BCUT2D eigenvalue weighted by atomic mass is 10.7. The first-order chi connectivity index (χ1) is 5.52. The average Bonchev–Trinajstić information content (AvgIpc) is 2.00. The number of amides is 1. The molecule has 1 unspecified atom stereocenters. The van der Waals surface area contributed by atoms with Crippen molar-refractivity contribution in [2.24, 2.45) is 0 Å². The number of hydrogen-bond acceptors (Lipinski definition) is 3. The molecule has 0 bridgehead atoms. The summed E-state index contributed by atoms with van der Waals surface area (Å²) >= 11 is 0. The molecule has 2 N–H and O–H groups in total. The van der Waals surface area contributed by atoms with Crippen molar-refractivity contribution in [3.8, 4) is 0 Å². The van der Waals surface area contributed by atoms with E-state index in [4.69, 9.17) is 4.89 Å². The van der Waals surface area contributed by atoms with Crippen LogP contribution in [-0.4, -0.2) is 23.8 Å². The van der Waals surface area contributed by atoms with Crippen LogP contribution < -0.4 is 5.09 Å². The van der Waals surface area contributed by atoms with E-state index in [1.165, 1.54) is 13.0 Å². The van der Waals surface area contributed by atoms with E-state index in [0.29, 0.717) is 0 Å². The Morgan fingerprint density at radius 3 is 2.83 bits per heavy atom. The van der Waals surface area contributed by atoms with Gasteiger partial charge in [0, 0.05) is 6.16 Å². The third-order valence-electron chi connectivity index (χ3n) is 1.03. The Morgan fingerprint density at radius 2 is 2.42 bits per heavy atom. The van der Waals surface area contributed by atoms with Crippen LogP contribution in [0.15, 0.2) is 12.7 Å². The zero-order valence-corrected chi connectivity index (χ0v) is 7.71. The third-order valence-corrected chi connectivity index (χ3v) is 2.42. The molecule has 70 valence electrons. The molecule has 0 aromatic rings. The standard InChI is InChI=1S/C6H12NO4P/c1-3-5-11-6(8)7-12(9,10)4-2/h3H,1,4-5H2,2H3,(H2,7,8,9,10). The molecule has 0 saturated carbocycles. The van der Waals surface area contributed by atoms with Gasteiger partial charge in [0.2, 0.25) is 0 Å². The predicted molar refractivity (Wildman–Crippen MR) is 45.0 cm³/mol. The zero-order chi connectivity index (χ0) is 9.61. The first-order valence-corrected chi connectivity index (χ1v) is 5.24. The van der Waals surface area contributed by atoms with Crippen molar-refractivity contribution < 1.29 is 19.0 Å². The maximum atomic E-state index is 10.9. The second-order valence-corrected chi connectivity index (χ2v) is 4.28. The molecule has 0 radical (unpaired) electrons. The minimum atomic E-state index is -3.53. The van der Waals surface area contributed by atoms with Crippen molar-refractivity contribution >= 4 is 13.6 Å². The largest absolute Gasteiger partial charge is 0.445 e. The highest BCUT2D eigenvalue weighted by atomic mass is 31.2. The highest BCUT2D eigenvalue weighted by Crippen LogP contribution is 2.33. The van der Waals surface area contributed by atoms with Gasteiger partial charge in [-0.1, -0.05) is 19.6 Å². The van der Waals surface area contributed by atoms with Crippen LogP contribution in [0.3, 0.4) is 0 Å². The summed E-state index contributed by atoms with van der Waals surface area (Å²) < 4.78 is 15.3. The van der Waals surface area contributed by atoms with E-state index in [1.54, 1.807) is 0 Å². The highest BCUT2D eigenvalue weighted by Gasteiger charge is 2.18. The molecular formula is C6H12NO4P. The van der Waals surface area contributed by atoms with Gasteiger partial charge in [-0.25, -0.2) is 4.79 Å². The summed E-state index contributed by atoms with van der Waals surface area (Å²) in [5.74, 6) is 0. The first kappa shape index (κ1) is 11.2. The van der Waals surface area contributed by atoms with Crippen molar-refractivity contribution in [3.63, 3.8) is 0 Å². The number of nitrogens with one attached hydrogen (secondary N) is 1. The van der Waals surface area contributed by atoms with E-state index in [1.807, 2.05) is 5.09 Å². The fourth-order valence-electron chi connectivity index (χ4n) is 0.389. The molecule has 0 aromatic heterocycles. The quantitative estimate of drug-likeness (QED) is 0.517. The van der Waals surface area contributed by atoms with E-state index in [0.717, 1.165) is 0 Å². The Labute approximate surface area is 70.9 Å². The average molecular weight is 193 g/mol. The van der Waals surface area contributed by atoms with E-state index >= 15 is 0 Å². The molecule has 0 fully saturated rings. The molecular weight excluding hydrogens is 181 g/mol. The van der Waals surface area contributed by atoms with Gasteiger partial charge in [0.05, 0.1) is 0 Å². The molecule has 0 saturated heterocycles. The van der Waals surface area contributed by atoms with Crippen LogP contribution in [0.5, 0.6) is 0 Å². The smallest absolute Gasteiger partial charge is 0.414 e. The van der Waals surface area contributed by atoms with Crippen LogP contribution in [-0.2, 0) is 9.30 Å². The van der Waals surface area contributed by atoms with Crippen molar-refractivity contribution in [1.82, 2.24) is 5.09 Å². The lowest BCUT2D eigenvalue weighted by Gasteiger charge is -2.09. The predicted octanol–water partition coefficient (Wildman–Crippen LogP) is 1.10. The van der Waals surface area contributed by atoms with Crippen LogP contribution in [0, 0.1) is 0 Å². The molecule has 0 rings (SSSR count). The van der Waals surface area contributed by atoms with Gasteiger partial charge in [-0.2, -0.15) is 0 Å². The van der Waals surface area contributed by atoms with Crippen LogP contribution in [0.2, 0.25) is 0 Å². The van der Waals surface area contributed by atoms with Gasteiger partial charge in [-0.15, -0.1) is 0 Å². The van der Waals surface area contributed by atoms with Gasteiger partial charge < -0.3 is 9.63 Å². The number of carbonyl (C=O) groups excluding carboxylic acids is 1. The topological polar surface area (TPSA) is 75.6 Å². The summed E-state index contributed by atoms with van der Waals surface area (Å²) in [7, 11) is -3.53. The van der Waals surface area contributed by atoms with Crippen LogP contribution in [0.1, 0.15) is 6.92 Å². The van der Waals surface area contributed by atoms with Gasteiger partial charge in [0.25, 0.3) is 7.52 Å². The van der Waals surface area contributed by atoms with Crippen molar-refractivity contribution in [3.05, 3.63) is 12.7 Å². The monoisotopic (exact) mass is 193 g/mol. The molecule has 6 heteroatoms. The molecule has 0 aliphatic heterocycles. The molecule has 0 aromatic carbocycles. The summed E-state index contributed by atoms with van der Waals surface area (Å²) in [6.45, 7) is 4.83. The first-order valence-electron chi connectivity index (χ1n) is 3.39. The normalized spacial score (nSPS) is 14.5. The summed E-state index contributed by atoms with van der Waals surface area (Å²) in [5.41, 5.74) is 0. The van der Waals surface area contributed by atoms with Gasteiger partial charge >= 0.3 is 6.09 Å². The molecule has 0 aliphatic carbocycles. The minimum absolute atomic E-state index is 0.0177. The van der Waals surface area contributed by atoms with E-state index in [9.17, 15) is 9.36 Å². The molecule has 1 atom stereocenters. The number of ether oxygens (including phenoxy) is 1. The summed E-state index contributed by atoms with van der Waals surface area (Å²) in [5, 5.41) is 1.84. The minimum Gasteiger partial charge on any atom is -0.445 e. The van der Waals surface area contributed by atoms with E-state index in [-0.39, 0.29) is 12.8 Å². The Balaban J connectivity index is 3.84. The zero-order valence-electron chi connectivity index (χ0n) is 6.82. The lowest BCUT2D eigenvalue weighted by Crippen LogP contribution is -2.22. The number of rotatable bonds is 4. The fourth-order valence-corrected chi connectivity index (χ4v) is 0.897. The van der Waals surface area contributed by atoms with Crippen molar-refractivity contribution in [1.29, 1.82) is 0 Å². The molecule has 12 heavy (non-hydrogen) atoms. The number of carbonyl (C=O) groups is 1. The second-order valence-electron chi connectivity index (χ2n) is 2.02. The van der Waals surface area contributed by atoms with Gasteiger partial charge in [0.1, 0.15) is 6.61 Å². The van der Waals surface area contributed by atoms with Crippen LogP contribution in [0.25, 0.3) is 0 Å². The van der Waals surface area contributed by atoms with E-state index < -0.39 is 13.6 Å². The van der Waals surface area contributed by atoms with E-state index in [2.05, 4.69) is 11.3 Å². The Bertz CT molecular complexity index is 216. The maximum Gasteiger partial charge on any atom is 0.414 e. The third kappa shape index (κ3) is 4.93. The molecule has 0 heterocycles. The summed E-state index contributed by atoms with van der Waals surface area (Å²) in [4.78, 5) is 19.6. The Hall–Kier alpha value is -0.800. The molecule has 0 aliphatic rings. The second kappa shape index (κ2) is 4.95. The van der Waals surface area contributed by atoms with Crippen LogP contribution in [0.4, 0.5) is 4.79 Å². The van der Waals surface area contributed by atoms with Gasteiger partial charge in [0.15, 0.2) is 0 Å². The summed E-state index contributed by atoms with van der Waals surface area (Å²) in [6, 6.07) is 0. The van der Waals surface area contributed by atoms with Gasteiger partial charge in [-0.3, -0.25) is 9.65 Å². The van der Waals surface area contributed by atoms with Crippen LogP contribution >= 0.6 is 7.52 Å². The Morgan fingerprint density at radius 1 is 1.83 bits per heavy atom. The molecule has 0 spiro atoms. The lowest BCUT2D eigenvalue weighted by molar-refractivity contribution is 0.163. The number of hydrogen-bond donors (Lipinski definition) is 2. The van der Waals surface area contributed by atoms with Gasteiger partial charge in [-0.05, 0) is 0 Å². The van der Waals surface area contributed by atoms with Crippen molar-refractivity contribution in [2.75, 3.05) is 12.8 Å². The Kier molecular flexibility index (Phi) is 4.62. The summed E-state index contributed by atoms with van der Waals surface area (Å²) in [6.07, 6.45) is 0.451. The molecule has 5 nitrogen and oxygen atoms in total. The fraction of sp³-hybridized carbons (Fsp3) is 0.500.